The maximum atomic E-state index is 14.1. The van der Waals surface area contributed by atoms with E-state index >= 15 is 0 Å². The second-order valence-electron chi connectivity index (χ2n) is 8.03. The summed E-state index contributed by atoms with van der Waals surface area (Å²) in [4.78, 5) is 28.0. The van der Waals surface area contributed by atoms with Gasteiger partial charge in [0.25, 0.3) is 5.91 Å². The van der Waals surface area contributed by atoms with Crippen molar-refractivity contribution < 1.29 is 27.2 Å². The van der Waals surface area contributed by atoms with E-state index in [2.05, 4.69) is 15.4 Å². The van der Waals surface area contributed by atoms with Crippen molar-refractivity contribution in [1.82, 2.24) is 15.1 Å². The zero-order chi connectivity index (χ0) is 22.3. The topological polar surface area (TPSA) is 76.3 Å². The number of benzene rings is 1. The fraction of sp³-hybridized carbons (Fsp3) is 0.474. The van der Waals surface area contributed by atoms with Crippen molar-refractivity contribution in [2.45, 2.75) is 57.8 Å². The van der Waals surface area contributed by atoms with E-state index in [0.29, 0.717) is 36.0 Å². The Labute approximate surface area is 173 Å². The van der Waals surface area contributed by atoms with Gasteiger partial charge in [-0.3, -0.25) is 9.59 Å². The maximum Gasteiger partial charge on any atom is 0.416 e. The first-order valence-corrected chi connectivity index (χ1v) is 10.00. The van der Waals surface area contributed by atoms with Gasteiger partial charge >= 0.3 is 6.18 Å². The third-order valence-electron chi connectivity index (χ3n) is 4.46. The molecule has 0 unspecified atom stereocenters. The van der Waals surface area contributed by atoms with Gasteiger partial charge in [-0.2, -0.15) is 23.3 Å². The number of alkyl halides is 3. The number of halogens is 4. The predicted molar refractivity (Wildman–Crippen MR) is 101 cm³/mol. The van der Waals surface area contributed by atoms with Crippen LogP contribution in [0.2, 0.25) is 0 Å². The largest absolute Gasteiger partial charge is 0.416 e. The molecular formula is C19H20F4N4O2S. The number of amides is 2. The number of hydrogen-bond donors (Lipinski definition) is 1. The summed E-state index contributed by atoms with van der Waals surface area (Å²) in [5, 5.41) is 7.89. The molecule has 1 aromatic heterocycles. The number of rotatable bonds is 3. The zero-order valence-corrected chi connectivity index (χ0v) is 17.3. The Hall–Kier alpha value is -2.56. The monoisotopic (exact) mass is 444 g/mol. The molecule has 30 heavy (non-hydrogen) atoms. The zero-order valence-electron chi connectivity index (χ0n) is 16.5. The Balaban J connectivity index is 2.02. The molecule has 1 aliphatic heterocycles. The molecule has 162 valence electrons. The van der Waals surface area contributed by atoms with Crippen molar-refractivity contribution in [2.75, 3.05) is 0 Å². The second kappa shape index (κ2) is 7.93. The highest BCUT2D eigenvalue weighted by Gasteiger charge is 2.32. The number of nitrogens with zero attached hydrogens (tertiary/aromatic N) is 3. The summed E-state index contributed by atoms with van der Waals surface area (Å²) in [7, 11) is 0. The number of aromatic nitrogens is 2. The molecule has 1 aromatic carbocycles. The minimum atomic E-state index is -4.72. The van der Waals surface area contributed by atoms with E-state index in [1.807, 2.05) is 20.8 Å². The summed E-state index contributed by atoms with van der Waals surface area (Å²) in [5.41, 5.74) is -2.27. The van der Waals surface area contributed by atoms with Crippen molar-refractivity contribution in [3.63, 3.8) is 0 Å². The summed E-state index contributed by atoms with van der Waals surface area (Å²) in [6.45, 7) is 5.97. The highest BCUT2D eigenvalue weighted by molar-refractivity contribution is 7.09. The summed E-state index contributed by atoms with van der Waals surface area (Å²) < 4.78 is 54.3. The van der Waals surface area contributed by atoms with Crippen LogP contribution in [0.15, 0.2) is 23.2 Å². The van der Waals surface area contributed by atoms with Gasteiger partial charge < -0.3 is 5.32 Å². The minimum absolute atomic E-state index is 0.0903. The molecule has 3 rings (SSSR count). The van der Waals surface area contributed by atoms with E-state index in [9.17, 15) is 27.2 Å². The van der Waals surface area contributed by atoms with Crippen molar-refractivity contribution >= 4 is 23.2 Å². The molecule has 0 saturated carbocycles. The van der Waals surface area contributed by atoms with Gasteiger partial charge in [-0.25, -0.2) is 9.07 Å². The molecule has 11 heteroatoms. The standard InChI is InChI=1S/C19H20F4N4O2S/c1-18(2,3)16-26-27(9-11-5-7-14(28)24-11)17(30-16)25-15(29)12-8-10(19(21,22)23)4-6-13(12)20/h4,6,8,11H,5,7,9H2,1-3H3,(H,24,28)/b25-17-/t11-/m0/s1. The first-order chi connectivity index (χ1) is 13.8. The average molecular weight is 444 g/mol. The van der Waals surface area contributed by atoms with Gasteiger partial charge in [0.15, 0.2) is 0 Å². The normalized spacial score (nSPS) is 18.0. The molecular weight excluding hydrogens is 424 g/mol. The van der Waals surface area contributed by atoms with Crippen LogP contribution in [0.4, 0.5) is 17.6 Å². The van der Waals surface area contributed by atoms with Crippen LogP contribution < -0.4 is 10.1 Å². The molecule has 2 aromatic rings. The van der Waals surface area contributed by atoms with E-state index in [0.717, 1.165) is 11.3 Å². The molecule has 1 aliphatic rings. The van der Waals surface area contributed by atoms with Crippen molar-refractivity contribution in [3.8, 4) is 0 Å². The van der Waals surface area contributed by atoms with Crippen LogP contribution in [-0.2, 0) is 22.9 Å². The predicted octanol–water partition coefficient (Wildman–Crippen LogP) is 3.42. The molecule has 0 bridgehead atoms. The lowest BCUT2D eigenvalue weighted by atomic mass is 9.98. The molecule has 2 amide bonds. The Morgan fingerprint density at radius 3 is 2.60 bits per heavy atom. The lowest BCUT2D eigenvalue weighted by molar-refractivity contribution is -0.137. The Kier molecular flexibility index (Phi) is 5.85. The summed E-state index contributed by atoms with van der Waals surface area (Å²) in [6, 6.07) is 1.42. The van der Waals surface area contributed by atoms with E-state index in [4.69, 9.17) is 0 Å². The van der Waals surface area contributed by atoms with E-state index in [1.165, 1.54) is 4.68 Å². The van der Waals surface area contributed by atoms with Crippen molar-refractivity contribution in [1.29, 1.82) is 0 Å². The molecule has 0 spiro atoms. The minimum Gasteiger partial charge on any atom is -0.351 e. The van der Waals surface area contributed by atoms with Crippen molar-refractivity contribution in [2.24, 2.45) is 4.99 Å². The molecule has 0 radical (unpaired) electrons. The fourth-order valence-electron chi connectivity index (χ4n) is 2.85. The van der Waals surface area contributed by atoms with Crippen LogP contribution >= 0.6 is 11.3 Å². The molecule has 2 heterocycles. The van der Waals surface area contributed by atoms with Gasteiger partial charge in [-0.1, -0.05) is 32.1 Å². The Morgan fingerprint density at radius 2 is 2.03 bits per heavy atom. The first-order valence-electron chi connectivity index (χ1n) is 9.18. The van der Waals surface area contributed by atoms with Crippen LogP contribution in [0.3, 0.4) is 0 Å². The SMILES string of the molecule is CC(C)(C)c1nn(C[C@@H]2CCC(=O)N2)/c(=N/C(=O)c2cc(C(F)(F)F)ccc2F)s1. The van der Waals surface area contributed by atoms with Gasteiger partial charge in [-0.15, -0.1) is 0 Å². The molecule has 1 atom stereocenters. The van der Waals surface area contributed by atoms with E-state index in [-0.39, 0.29) is 28.7 Å². The van der Waals surface area contributed by atoms with Crippen LogP contribution in [0.5, 0.6) is 0 Å². The lowest BCUT2D eigenvalue weighted by Gasteiger charge is -2.13. The van der Waals surface area contributed by atoms with E-state index < -0.39 is 29.0 Å². The number of carbonyl (C=O) groups excluding carboxylic acids is 2. The highest BCUT2D eigenvalue weighted by atomic mass is 32.1. The first kappa shape index (κ1) is 22.1. The molecule has 1 N–H and O–H groups in total. The van der Waals surface area contributed by atoms with Crippen LogP contribution in [-0.4, -0.2) is 27.6 Å². The molecule has 0 aliphatic carbocycles. The van der Waals surface area contributed by atoms with Crippen LogP contribution in [0.25, 0.3) is 0 Å². The van der Waals surface area contributed by atoms with E-state index in [1.54, 1.807) is 0 Å². The Bertz CT molecular complexity index is 1050. The summed E-state index contributed by atoms with van der Waals surface area (Å²) in [5.74, 6) is -2.31. The van der Waals surface area contributed by atoms with Crippen LogP contribution in [0.1, 0.15) is 54.5 Å². The van der Waals surface area contributed by atoms with Gasteiger partial charge in [-0.05, 0) is 24.6 Å². The van der Waals surface area contributed by atoms with Crippen molar-refractivity contribution in [3.05, 3.63) is 45.0 Å². The van der Waals surface area contributed by atoms with Gasteiger partial charge in [0, 0.05) is 17.9 Å². The Morgan fingerprint density at radius 1 is 1.33 bits per heavy atom. The second-order valence-corrected chi connectivity index (χ2v) is 8.99. The number of hydrogen-bond acceptors (Lipinski definition) is 4. The summed E-state index contributed by atoms with van der Waals surface area (Å²) in [6.07, 6.45) is -3.75. The third kappa shape index (κ3) is 4.94. The van der Waals surface area contributed by atoms with Gasteiger partial charge in [0.2, 0.25) is 10.7 Å². The third-order valence-corrected chi connectivity index (χ3v) is 5.83. The number of carbonyl (C=O) groups is 2. The average Bonchev–Trinajstić information content (AvgIpc) is 3.20. The van der Waals surface area contributed by atoms with Gasteiger partial charge in [0.1, 0.15) is 10.8 Å². The summed E-state index contributed by atoms with van der Waals surface area (Å²) >= 11 is 1.10. The fourth-order valence-corrected chi connectivity index (χ4v) is 3.82. The smallest absolute Gasteiger partial charge is 0.351 e. The highest BCUT2D eigenvalue weighted by Crippen LogP contribution is 2.30. The van der Waals surface area contributed by atoms with Crippen LogP contribution in [0, 0.1) is 5.82 Å². The molecule has 1 saturated heterocycles. The number of nitrogens with one attached hydrogen (secondary N) is 1. The lowest BCUT2D eigenvalue weighted by Crippen LogP contribution is -2.33. The maximum absolute atomic E-state index is 14.1. The molecule has 6 nitrogen and oxygen atoms in total. The quantitative estimate of drug-likeness (QED) is 0.737. The van der Waals surface area contributed by atoms with Gasteiger partial charge in [0.05, 0.1) is 17.7 Å². The molecule has 1 fully saturated rings.